The minimum absolute atomic E-state index is 0.187. The van der Waals surface area contributed by atoms with Crippen molar-refractivity contribution in [1.29, 1.82) is 0 Å². The average molecular weight is 1180 g/mol. The Kier molecular flexibility index (Phi) is 9.43. The van der Waals surface area contributed by atoms with Crippen molar-refractivity contribution in [2.45, 2.75) is 30.1 Å². The predicted molar refractivity (Wildman–Crippen MR) is 386 cm³/mol. The van der Waals surface area contributed by atoms with E-state index in [0.29, 0.717) is 0 Å². The standard InChI is InChI=1S/C91H56N2/c1-89(2)69-38-8-3-26-63(69)86-66(37-23-43-74(86)89)83-59-31-17-29-53(57-33-19-44-75-84(57)64-27-4-9-39-70(64)90(75)72-41-11-15-50-81(72)92-79-48-13-6-24-55(79)61-35-21-46-77(90)87(61)92)67(59)52-68-54(30-18-32-60(68)83)58-34-20-45-76-85(58)65-28-5-10-40-71(65)91(76)73-42-12-16-51-82(73)93-80-49-14-7-25-56(80)62-36-22-47-78(91)88(62)93/h3-52H,1-2H3. The fourth-order valence-electron chi connectivity index (χ4n) is 19.6. The van der Waals surface area contributed by atoms with E-state index in [9.17, 15) is 0 Å². The van der Waals surface area contributed by atoms with E-state index >= 15 is 0 Å². The van der Waals surface area contributed by atoms with Crippen LogP contribution < -0.4 is 0 Å². The summed E-state index contributed by atoms with van der Waals surface area (Å²) in [5.41, 5.74) is 34.7. The molecule has 3 aliphatic carbocycles. The highest BCUT2D eigenvalue weighted by atomic mass is 15.0. The second-order valence-corrected chi connectivity index (χ2v) is 27.1. The molecule has 430 valence electrons. The number of benzene rings is 15. The fraction of sp³-hybridized carbons (Fsp3) is 0.0549. The number of nitrogens with zero attached hydrogens (tertiary/aromatic N) is 2. The molecular formula is C91H56N2. The van der Waals surface area contributed by atoms with Gasteiger partial charge in [-0.1, -0.05) is 287 Å². The molecule has 0 bridgehead atoms. The molecule has 2 nitrogen and oxygen atoms in total. The van der Waals surface area contributed by atoms with Gasteiger partial charge in [0.25, 0.3) is 0 Å². The van der Waals surface area contributed by atoms with Gasteiger partial charge in [0.1, 0.15) is 0 Å². The minimum atomic E-state index is -0.592. The lowest BCUT2D eigenvalue weighted by Gasteiger charge is -2.39. The van der Waals surface area contributed by atoms with E-state index in [2.05, 4.69) is 326 Å². The van der Waals surface area contributed by atoms with Gasteiger partial charge in [0.05, 0.1) is 44.3 Å². The van der Waals surface area contributed by atoms with Gasteiger partial charge in [-0.25, -0.2) is 0 Å². The Bertz CT molecular complexity index is 5970. The smallest absolute Gasteiger partial charge is 0.0754 e. The van der Waals surface area contributed by atoms with Crippen LogP contribution >= 0.6 is 0 Å². The summed E-state index contributed by atoms with van der Waals surface area (Å²) in [5, 5.41) is 10.1. The normalized spacial score (nSPS) is 16.9. The van der Waals surface area contributed by atoms with Crippen LogP contribution in [-0.2, 0) is 16.2 Å². The molecule has 0 saturated carbocycles. The maximum atomic E-state index is 2.59. The van der Waals surface area contributed by atoms with E-state index in [1.54, 1.807) is 0 Å². The highest BCUT2D eigenvalue weighted by molar-refractivity contribution is 6.23. The van der Waals surface area contributed by atoms with E-state index in [1.807, 2.05) is 0 Å². The van der Waals surface area contributed by atoms with E-state index in [-0.39, 0.29) is 5.41 Å². The Balaban J connectivity index is 0.855. The first-order chi connectivity index (χ1) is 46.0. The van der Waals surface area contributed by atoms with Crippen molar-refractivity contribution in [1.82, 2.24) is 9.13 Å². The zero-order valence-electron chi connectivity index (χ0n) is 51.3. The molecule has 2 heteroatoms. The third kappa shape index (κ3) is 5.82. The van der Waals surface area contributed by atoms with Gasteiger partial charge in [-0.2, -0.15) is 0 Å². The first-order valence-corrected chi connectivity index (χ1v) is 32.9. The van der Waals surface area contributed by atoms with Crippen LogP contribution in [0.1, 0.15) is 69.5 Å². The fourth-order valence-corrected chi connectivity index (χ4v) is 19.6. The number of para-hydroxylation sites is 6. The molecule has 0 N–H and O–H groups in total. The number of hydrogen-bond acceptors (Lipinski definition) is 0. The number of fused-ring (bicyclic) bond motifs is 29. The van der Waals surface area contributed by atoms with Crippen molar-refractivity contribution in [2.24, 2.45) is 0 Å². The molecule has 2 aromatic heterocycles. The Hall–Kier alpha value is -11.6. The molecule has 0 radical (unpaired) electrons. The summed E-state index contributed by atoms with van der Waals surface area (Å²) in [7, 11) is 0. The molecule has 22 rings (SSSR count). The zero-order valence-corrected chi connectivity index (χ0v) is 51.3. The van der Waals surface area contributed by atoms with Crippen molar-refractivity contribution in [3.8, 4) is 78.1 Å². The molecule has 0 fully saturated rings. The number of aromatic nitrogens is 2. The monoisotopic (exact) mass is 1180 g/mol. The Morgan fingerprint density at radius 1 is 0.204 bits per heavy atom. The van der Waals surface area contributed by atoms with Crippen LogP contribution in [0.15, 0.2) is 303 Å². The highest BCUT2D eigenvalue weighted by Gasteiger charge is 2.53. The lowest BCUT2D eigenvalue weighted by molar-refractivity contribution is 0.660. The third-order valence-corrected chi connectivity index (χ3v) is 22.9. The van der Waals surface area contributed by atoms with Gasteiger partial charge >= 0.3 is 0 Å². The summed E-state index contributed by atoms with van der Waals surface area (Å²) < 4.78 is 5.10. The Morgan fingerprint density at radius 3 is 1.04 bits per heavy atom. The summed E-state index contributed by atoms with van der Waals surface area (Å²) in [6.07, 6.45) is 0. The second-order valence-electron chi connectivity index (χ2n) is 27.1. The molecular weight excluding hydrogens is 1120 g/mol. The highest BCUT2D eigenvalue weighted by Crippen LogP contribution is 2.66. The molecule has 2 atom stereocenters. The van der Waals surface area contributed by atoms with Gasteiger partial charge < -0.3 is 9.13 Å². The molecule has 4 heterocycles. The van der Waals surface area contributed by atoms with Gasteiger partial charge in [-0.3, -0.25) is 0 Å². The first-order valence-electron chi connectivity index (χ1n) is 32.9. The zero-order chi connectivity index (χ0) is 60.8. The summed E-state index contributed by atoms with van der Waals surface area (Å²) in [4.78, 5) is 0. The summed E-state index contributed by atoms with van der Waals surface area (Å²) in [6.45, 7) is 4.82. The van der Waals surface area contributed by atoms with E-state index < -0.39 is 10.8 Å². The number of hydrogen-bond donors (Lipinski definition) is 0. The largest absolute Gasteiger partial charge is 0.309 e. The van der Waals surface area contributed by atoms with Crippen LogP contribution in [0.4, 0.5) is 0 Å². The average Bonchev–Trinajstić information content (AvgIpc) is 1.53. The van der Waals surface area contributed by atoms with Gasteiger partial charge in [0.2, 0.25) is 0 Å². The van der Waals surface area contributed by atoms with E-state index in [1.165, 1.54) is 199 Å². The number of rotatable bonds is 3. The van der Waals surface area contributed by atoms with Crippen molar-refractivity contribution in [3.63, 3.8) is 0 Å². The second kappa shape index (κ2) is 17.5. The summed E-state index contributed by atoms with van der Waals surface area (Å²) in [6, 6.07) is 117. The topological polar surface area (TPSA) is 9.86 Å². The van der Waals surface area contributed by atoms with Gasteiger partial charge in [0.15, 0.2) is 0 Å². The van der Waals surface area contributed by atoms with Crippen molar-refractivity contribution < 1.29 is 0 Å². The minimum Gasteiger partial charge on any atom is -0.309 e. The molecule has 2 unspecified atom stereocenters. The molecule has 2 aliphatic heterocycles. The quantitative estimate of drug-likeness (QED) is 0.156. The van der Waals surface area contributed by atoms with Crippen LogP contribution in [-0.4, -0.2) is 9.13 Å². The van der Waals surface area contributed by atoms with Crippen molar-refractivity contribution in [3.05, 3.63) is 359 Å². The maximum Gasteiger partial charge on any atom is 0.0754 e. The molecule has 0 amide bonds. The molecule has 17 aromatic rings. The maximum absolute atomic E-state index is 2.59. The Labute approximate surface area is 538 Å². The SMILES string of the molecule is CC1(C)c2ccccc2-c2c(-c3c4cccc(-c5cccc6c5-c5ccccc5C65c6ccccc6-n6c7ccccc7c7cccc5c76)c4cc4c(-c5cccc6c5-c5ccccc5C65c6ccccc6-n6c7ccccc7c7cccc5c76)cccc34)cccc21. The lowest BCUT2D eigenvalue weighted by Crippen LogP contribution is -2.33. The van der Waals surface area contributed by atoms with Crippen molar-refractivity contribution in [2.75, 3.05) is 0 Å². The van der Waals surface area contributed by atoms with Gasteiger partial charge in [0, 0.05) is 27.0 Å². The van der Waals surface area contributed by atoms with Crippen molar-refractivity contribution >= 4 is 65.2 Å². The van der Waals surface area contributed by atoms with Crippen LogP contribution in [0, 0.1) is 0 Å². The molecule has 5 aliphatic rings. The molecule has 93 heavy (non-hydrogen) atoms. The van der Waals surface area contributed by atoms with Crippen LogP contribution in [0.25, 0.3) is 143 Å². The third-order valence-electron chi connectivity index (χ3n) is 22.9. The molecule has 15 aromatic carbocycles. The van der Waals surface area contributed by atoms with E-state index in [0.717, 1.165) is 0 Å². The van der Waals surface area contributed by atoms with Gasteiger partial charge in [-0.15, -0.1) is 0 Å². The lowest BCUT2D eigenvalue weighted by atomic mass is 9.65. The van der Waals surface area contributed by atoms with Crippen LogP contribution in [0.3, 0.4) is 0 Å². The Morgan fingerprint density at radius 2 is 0.527 bits per heavy atom. The molecule has 2 spiro atoms. The van der Waals surface area contributed by atoms with Crippen LogP contribution in [0.5, 0.6) is 0 Å². The molecule has 0 saturated heterocycles. The predicted octanol–water partition coefficient (Wildman–Crippen LogP) is 22.8. The van der Waals surface area contributed by atoms with Crippen LogP contribution in [0.2, 0.25) is 0 Å². The van der Waals surface area contributed by atoms with Gasteiger partial charge in [-0.05, 0) is 174 Å². The first kappa shape index (κ1) is 50.2. The summed E-state index contributed by atoms with van der Waals surface area (Å²) >= 11 is 0. The summed E-state index contributed by atoms with van der Waals surface area (Å²) in [5.74, 6) is 0. The van der Waals surface area contributed by atoms with E-state index in [4.69, 9.17) is 0 Å².